The molecule has 0 saturated carbocycles. The topological polar surface area (TPSA) is 47.9 Å². The fraction of sp³-hybridized carbons (Fsp3) is 0.250. The van der Waals surface area contributed by atoms with E-state index in [1.807, 2.05) is 13.8 Å². The molecule has 8 heteroatoms. The molecule has 1 aromatic heterocycles. The predicted octanol–water partition coefficient (Wildman–Crippen LogP) is 4.77. The zero-order chi connectivity index (χ0) is 14.7. The first-order chi connectivity index (χ1) is 9.44. The van der Waals surface area contributed by atoms with E-state index in [0.29, 0.717) is 15.2 Å². The second kappa shape index (κ2) is 6.80. The second-order valence-electron chi connectivity index (χ2n) is 4.01. The second-order valence-corrected chi connectivity index (χ2v) is 6.20. The smallest absolute Gasteiger partial charge is 0.322 e. The molecule has 4 nitrogen and oxygen atoms in total. The van der Waals surface area contributed by atoms with Gasteiger partial charge >= 0.3 is 6.01 Å². The van der Waals surface area contributed by atoms with Crippen molar-refractivity contribution < 1.29 is 4.74 Å². The SMILES string of the molecule is CC(C)Oc1nc(Cl)nc(Sc2cc(Cl)ccc2Cl)n1. The lowest BCUT2D eigenvalue weighted by atomic mass is 10.4. The fourth-order valence-corrected chi connectivity index (χ4v) is 2.75. The summed E-state index contributed by atoms with van der Waals surface area (Å²) in [5, 5.41) is 1.60. The van der Waals surface area contributed by atoms with Crippen LogP contribution < -0.4 is 4.74 Å². The minimum absolute atomic E-state index is 0.0546. The van der Waals surface area contributed by atoms with Crippen LogP contribution in [-0.4, -0.2) is 21.1 Å². The Morgan fingerprint density at radius 1 is 1.10 bits per heavy atom. The summed E-state index contributed by atoms with van der Waals surface area (Å²) < 4.78 is 5.41. The van der Waals surface area contributed by atoms with Gasteiger partial charge in [-0.15, -0.1) is 0 Å². The summed E-state index contributed by atoms with van der Waals surface area (Å²) in [5.74, 6) is 0. The first-order valence-corrected chi connectivity index (χ1v) is 7.60. The molecule has 0 bridgehead atoms. The van der Waals surface area contributed by atoms with Gasteiger partial charge in [-0.3, -0.25) is 0 Å². The van der Waals surface area contributed by atoms with Crippen LogP contribution in [-0.2, 0) is 0 Å². The van der Waals surface area contributed by atoms with E-state index in [1.54, 1.807) is 18.2 Å². The molecule has 2 rings (SSSR count). The van der Waals surface area contributed by atoms with Crippen LogP contribution in [0.1, 0.15) is 13.8 Å². The van der Waals surface area contributed by atoms with Gasteiger partial charge in [-0.2, -0.15) is 15.0 Å². The van der Waals surface area contributed by atoms with Crippen LogP contribution in [0.25, 0.3) is 0 Å². The van der Waals surface area contributed by atoms with Crippen molar-refractivity contribution in [2.24, 2.45) is 0 Å². The third kappa shape index (κ3) is 4.38. The maximum atomic E-state index is 6.10. The quantitative estimate of drug-likeness (QED) is 0.795. The fourth-order valence-electron chi connectivity index (χ4n) is 1.28. The number of ether oxygens (including phenoxy) is 1. The van der Waals surface area contributed by atoms with Crippen molar-refractivity contribution >= 4 is 46.6 Å². The summed E-state index contributed by atoms with van der Waals surface area (Å²) in [6.45, 7) is 3.75. The van der Waals surface area contributed by atoms with E-state index in [2.05, 4.69) is 15.0 Å². The first-order valence-electron chi connectivity index (χ1n) is 5.65. The van der Waals surface area contributed by atoms with E-state index < -0.39 is 0 Å². The average molecular weight is 351 g/mol. The van der Waals surface area contributed by atoms with Crippen LogP contribution in [0, 0.1) is 0 Å². The Morgan fingerprint density at radius 3 is 2.55 bits per heavy atom. The number of benzene rings is 1. The van der Waals surface area contributed by atoms with Crippen LogP contribution in [0.2, 0.25) is 15.3 Å². The van der Waals surface area contributed by atoms with Crippen molar-refractivity contribution in [1.29, 1.82) is 0 Å². The molecule has 2 aromatic rings. The highest BCUT2D eigenvalue weighted by Gasteiger charge is 2.11. The van der Waals surface area contributed by atoms with Crippen LogP contribution in [0.3, 0.4) is 0 Å². The number of aromatic nitrogens is 3. The first kappa shape index (κ1) is 15.6. The molecular formula is C12H10Cl3N3OS. The molecule has 0 aliphatic rings. The van der Waals surface area contributed by atoms with E-state index >= 15 is 0 Å². The van der Waals surface area contributed by atoms with Crippen LogP contribution in [0.5, 0.6) is 6.01 Å². The maximum absolute atomic E-state index is 6.10. The zero-order valence-corrected chi connectivity index (χ0v) is 13.7. The molecule has 0 saturated heterocycles. The van der Waals surface area contributed by atoms with Crippen molar-refractivity contribution in [3.8, 4) is 6.01 Å². The van der Waals surface area contributed by atoms with Crippen LogP contribution in [0.15, 0.2) is 28.3 Å². The monoisotopic (exact) mass is 349 g/mol. The summed E-state index contributed by atoms with van der Waals surface area (Å²) in [7, 11) is 0. The van der Waals surface area contributed by atoms with Gasteiger partial charge in [0.15, 0.2) is 5.16 Å². The molecule has 0 atom stereocenters. The minimum Gasteiger partial charge on any atom is -0.461 e. The van der Waals surface area contributed by atoms with Crippen molar-refractivity contribution in [1.82, 2.24) is 15.0 Å². The molecule has 0 unspecified atom stereocenters. The zero-order valence-electron chi connectivity index (χ0n) is 10.6. The highest BCUT2D eigenvalue weighted by Crippen LogP contribution is 2.34. The molecule has 20 heavy (non-hydrogen) atoms. The van der Waals surface area contributed by atoms with Crippen LogP contribution in [0.4, 0.5) is 0 Å². The van der Waals surface area contributed by atoms with Gasteiger partial charge in [0.25, 0.3) is 0 Å². The van der Waals surface area contributed by atoms with Gasteiger partial charge in [-0.05, 0) is 55.4 Å². The Morgan fingerprint density at radius 2 is 1.85 bits per heavy atom. The van der Waals surface area contributed by atoms with E-state index in [4.69, 9.17) is 39.5 Å². The van der Waals surface area contributed by atoms with Gasteiger partial charge in [0, 0.05) is 9.92 Å². The van der Waals surface area contributed by atoms with E-state index in [-0.39, 0.29) is 17.4 Å². The van der Waals surface area contributed by atoms with Gasteiger partial charge < -0.3 is 4.74 Å². The highest BCUT2D eigenvalue weighted by molar-refractivity contribution is 7.99. The van der Waals surface area contributed by atoms with E-state index in [9.17, 15) is 0 Å². The Labute approximate surface area is 135 Å². The third-order valence-corrected chi connectivity index (χ3v) is 3.77. The van der Waals surface area contributed by atoms with Gasteiger partial charge in [-0.25, -0.2) is 0 Å². The van der Waals surface area contributed by atoms with Crippen molar-refractivity contribution in [3.05, 3.63) is 33.5 Å². The summed E-state index contributed by atoms with van der Waals surface area (Å²) in [4.78, 5) is 12.8. The number of halogens is 3. The molecule has 0 fully saturated rings. The third-order valence-electron chi connectivity index (χ3n) is 2.00. The normalized spacial score (nSPS) is 10.9. The molecule has 0 radical (unpaired) electrons. The highest BCUT2D eigenvalue weighted by atomic mass is 35.5. The van der Waals surface area contributed by atoms with Gasteiger partial charge in [0.2, 0.25) is 5.28 Å². The lowest BCUT2D eigenvalue weighted by Gasteiger charge is -2.09. The molecule has 0 spiro atoms. The van der Waals surface area contributed by atoms with Crippen molar-refractivity contribution in [3.63, 3.8) is 0 Å². The van der Waals surface area contributed by atoms with Crippen molar-refractivity contribution in [2.75, 3.05) is 0 Å². The van der Waals surface area contributed by atoms with E-state index in [1.165, 1.54) is 11.8 Å². The van der Waals surface area contributed by atoms with E-state index in [0.717, 1.165) is 4.90 Å². The number of nitrogens with zero attached hydrogens (tertiary/aromatic N) is 3. The number of rotatable bonds is 4. The molecule has 0 N–H and O–H groups in total. The number of hydrogen-bond donors (Lipinski definition) is 0. The summed E-state index contributed by atoms with van der Waals surface area (Å²) >= 11 is 19.1. The number of hydrogen-bond acceptors (Lipinski definition) is 5. The Kier molecular flexibility index (Phi) is 5.32. The maximum Gasteiger partial charge on any atom is 0.322 e. The summed E-state index contributed by atoms with van der Waals surface area (Å²) in [5.41, 5.74) is 0. The predicted molar refractivity (Wildman–Crippen MR) is 81.2 cm³/mol. The molecule has 0 aliphatic carbocycles. The standard InChI is InChI=1S/C12H10Cl3N3OS/c1-6(2)19-11-16-10(15)17-12(18-11)20-9-5-7(13)3-4-8(9)14/h3-6H,1-2H3. The lowest BCUT2D eigenvalue weighted by Crippen LogP contribution is -2.09. The largest absolute Gasteiger partial charge is 0.461 e. The summed E-state index contributed by atoms with van der Waals surface area (Å²) in [6.07, 6.45) is -0.0546. The van der Waals surface area contributed by atoms with Gasteiger partial charge in [0.05, 0.1) is 11.1 Å². The molecule has 0 amide bonds. The lowest BCUT2D eigenvalue weighted by molar-refractivity contribution is 0.219. The Hall–Kier alpha value is -0.750. The van der Waals surface area contributed by atoms with Gasteiger partial charge in [-0.1, -0.05) is 23.2 Å². The van der Waals surface area contributed by atoms with Gasteiger partial charge in [0.1, 0.15) is 0 Å². The molecule has 1 heterocycles. The Balaban J connectivity index is 2.28. The summed E-state index contributed by atoms with van der Waals surface area (Å²) in [6, 6.07) is 5.33. The average Bonchev–Trinajstić information content (AvgIpc) is 2.32. The molecule has 0 aliphatic heterocycles. The van der Waals surface area contributed by atoms with Crippen molar-refractivity contribution in [2.45, 2.75) is 30.0 Å². The molecular weight excluding hydrogens is 341 g/mol. The molecule has 1 aromatic carbocycles. The minimum atomic E-state index is -0.0546. The van der Waals surface area contributed by atoms with Crippen LogP contribution >= 0.6 is 46.6 Å². The molecule has 106 valence electrons. The Bertz CT molecular complexity index is 625.